The Labute approximate surface area is 163 Å². The minimum absolute atomic E-state index is 0.120. The molecule has 3 nitrogen and oxygen atoms in total. The van der Waals surface area contributed by atoms with E-state index in [-0.39, 0.29) is 29.6 Å². The van der Waals surface area contributed by atoms with Crippen LogP contribution in [0.2, 0.25) is 0 Å². The molecule has 2 aromatic rings. The van der Waals surface area contributed by atoms with Crippen molar-refractivity contribution in [3.05, 3.63) is 64.8 Å². The Morgan fingerprint density at radius 3 is 2.50 bits per heavy atom. The number of hydrogen-bond donors (Lipinski definition) is 0. The molecule has 0 radical (unpaired) electrons. The zero-order valence-electron chi connectivity index (χ0n) is 16.0. The minimum Gasteiger partial charge on any atom is -0.333 e. The molecule has 0 amide bonds. The van der Waals surface area contributed by atoms with E-state index < -0.39 is 11.7 Å². The first-order valence-corrected chi connectivity index (χ1v) is 9.98. The van der Waals surface area contributed by atoms with Crippen LogP contribution < -0.4 is 0 Å². The molecule has 1 aromatic carbocycles. The van der Waals surface area contributed by atoms with Gasteiger partial charge in [0.25, 0.3) is 5.89 Å². The van der Waals surface area contributed by atoms with Gasteiger partial charge in [0.05, 0.1) is 0 Å². The molecule has 4 rings (SSSR count). The first-order valence-electron chi connectivity index (χ1n) is 9.98. The van der Waals surface area contributed by atoms with E-state index in [1.165, 1.54) is 43.7 Å². The molecular weight excluding hydrogens is 358 g/mol. The zero-order chi connectivity index (χ0) is 19.5. The van der Waals surface area contributed by atoms with E-state index in [1.807, 2.05) is 6.08 Å². The lowest BCUT2D eigenvalue weighted by atomic mass is 9.84. The van der Waals surface area contributed by atoms with E-state index in [2.05, 4.69) is 34.4 Å². The van der Waals surface area contributed by atoms with Crippen LogP contribution in [-0.4, -0.2) is 10.1 Å². The van der Waals surface area contributed by atoms with Crippen LogP contribution in [0, 0.1) is 5.92 Å². The van der Waals surface area contributed by atoms with Crippen molar-refractivity contribution in [3.63, 3.8) is 0 Å². The number of allylic oxidation sites excluding steroid dienone is 4. The highest BCUT2D eigenvalue weighted by atomic mass is 19.1. The summed E-state index contributed by atoms with van der Waals surface area (Å²) in [6.45, 7) is 1.76. The maximum absolute atomic E-state index is 14.1. The van der Waals surface area contributed by atoms with E-state index in [9.17, 15) is 8.78 Å². The van der Waals surface area contributed by atoms with Gasteiger partial charge in [-0.3, -0.25) is 0 Å². The van der Waals surface area contributed by atoms with E-state index >= 15 is 0 Å². The molecule has 0 saturated heterocycles. The van der Waals surface area contributed by atoms with Gasteiger partial charge in [0.15, 0.2) is 5.82 Å². The van der Waals surface area contributed by atoms with E-state index in [0.29, 0.717) is 5.92 Å². The van der Waals surface area contributed by atoms with Gasteiger partial charge in [0.2, 0.25) is 0 Å². The summed E-state index contributed by atoms with van der Waals surface area (Å²) < 4.78 is 33.3. The fourth-order valence-corrected chi connectivity index (χ4v) is 4.01. The van der Waals surface area contributed by atoms with Gasteiger partial charge in [-0.25, -0.2) is 8.78 Å². The molecule has 2 aliphatic rings. The Morgan fingerprint density at radius 1 is 1.04 bits per heavy atom. The summed E-state index contributed by atoms with van der Waals surface area (Å²) in [7, 11) is 0. The molecule has 5 heteroatoms. The average Bonchev–Trinajstić information content (AvgIpc) is 3.15. The van der Waals surface area contributed by atoms with Crippen LogP contribution in [0.1, 0.15) is 74.2 Å². The van der Waals surface area contributed by atoms with Crippen molar-refractivity contribution in [3.8, 4) is 0 Å². The van der Waals surface area contributed by atoms with Crippen LogP contribution >= 0.6 is 0 Å². The fraction of sp³-hybridized carbons (Fsp3) is 0.391. The topological polar surface area (TPSA) is 38.9 Å². The molecule has 1 atom stereocenters. The molecule has 1 heterocycles. The smallest absolute Gasteiger partial charge is 0.263 e. The van der Waals surface area contributed by atoms with Gasteiger partial charge >= 0.3 is 0 Å². The average molecular weight is 382 g/mol. The fourth-order valence-electron chi connectivity index (χ4n) is 4.01. The largest absolute Gasteiger partial charge is 0.333 e. The summed E-state index contributed by atoms with van der Waals surface area (Å²) in [5, 5.41) is 3.82. The molecule has 2 aliphatic carbocycles. The minimum atomic E-state index is -0.645. The first kappa shape index (κ1) is 18.8. The van der Waals surface area contributed by atoms with E-state index in [4.69, 9.17) is 4.52 Å². The molecule has 0 N–H and O–H groups in total. The molecule has 28 heavy (non-hydrogen) atoms. The molecule has 146 valence electrons. The lowest BCUT2D eigenvalue weighted by Gasteiger charge is -2.21. The van der Waals surface area contributed by atoms with Gasteiger partial charge in [-0.15, -0.1) is 0 Å². The van der Waals surface area contributed by atoms with Crippen molar-refractivity contribution in [2.45, 2.75) is 51.4 Å². The molecule has 1 unspecified atom stereocenters. The number of hydrogen-bond acceptors (Lipinski definition) is 3. The second-order valence-electron chi connectivity index (χ2n) is 7.77. The van der Waals surface area contributed by atoms with Crippen molar-refractivity contribution in [1.29, 1.82) is 0 Å². The summed E-state index contributed by atoms with van der Waals surface area (Å²) in [5.74, 6) is -0.527. The normalized spacial score (nSPS) is 21.4. The monoisotopic (exact) mass is 382 g/mol. The van der Waals surface area contributed by atoms with Gasteiger partial charge in [-0.2, -0.15) is 4.98 Å². The molecule has 1 saturated carbocycles. The Kier molecular flexibility index (Phi) is 5.51. The molecular formula is C23H24F2N2O. The summed E-state index contributed by atoms with van der Waals surface area (Å²) in [6.07, 6.45) is 11.6. The molecule has 0 spiro atoms. The van der Waals surface area contributed by atoms with Crippen molar-refractivity contribution in [1.82, 2.24) is 10.1 Å². The summed E-state index contributed by atoms with van der Waals surface area (Å²) in [5.41, 5.74) is 2.20. The van der Waals surface area contributed by atoms with Crippen molar-refractivity contribution in [2.75, 3.05) is 0 Å². The number of halogens is 2. The molecule has 0 aliphatic heterocycles. The quantitative estimate of drug-likeness (QED) is 0.580. The lowest BCUT2D eigenvalue weighted by Crippen LogP contribution is -2.04. The Hall–Kier alpha value is -2.56. The van der Waals surface area contributed by atoms with Crippen LogP contribution in [0.3, 0.4) is 0 Å². The summed E-state index contributed by atoms with van der Waals surface area (Å²) in [4.78, 5) is 4.12. The van der Waals surface area contributed by atoms with Gasteiger partial charge in [0, 0.05) is 6.42 Å². The number of nitrogens with zero attached hydrogens (tertiary/aromatic N) is 2. The molecule has 1 fully saturated rings. The number of aromatic nitrogens is 2. The third-order valence-electron chi connectivity index (χ3n) is 5.54. The van der Waals surface area contributed by atoms with Crippen molar-refractivity contribution >= 4 is 17.7 Å². The van der Waals surface area contributed by atoms with Crippen molar-refractivity contribution < 1.29 is 13.3 Å². The Bertz CT molecular complexity index is 918. The lowest BCUT2D eigenvalue weighted by molar-refractivity contribution is 0.399. The van der Waals surface area contributed by atoms with E-state index in [0.717, 1.165) is 5.56 Å². The van der Waals surface area contributed by atoms with Crippen LogP contribution in [0.15, 0.2) is 46.5 Å². The number of rotatable bonds is 4. The van der Waals surface area contributed by atoms with Crippen molar-refractivity contribution in [2.24, 2.45) is 5.92 Å². The van der Waals surface area contributed by atoms with Crippen LogP contribution in [-0.2, 0) is 0 Å². The number of benzene rings is 1. The highest BCUT2D eigenvalue weighted by Gasteiger charge is 2.26. The Morgan fingerprint density at radius 2 is 1.79 bits per heavy atom. The summed E-state index contributed by atoms with van der Waals surface area (Å²) >= 11 is 0. The third kappa shape index (κ3) is 4.13. The van der Waals surface area contributed by atoms with Gasteiger partial charge in [-0.05, 0) is 48.0 Å². The zero-order valence-corrected chi connectivity index (χ0v) is 16.0. The highest BCUT2D eigenvalue weighted by Crippen LogP contribution is 2.36. The standard InChI is InChI=1S/C23H24F2N2O/c1-15-13-19(24)22(20(25)14-15)23-26-21(27-28-23)12-9-16-7-10-18(11-8-16)17-5-3-2-4-6-17/h7-13,15,17H,2-6,14H2,1H3/b12-9+. The predicted molar refractivity (Wildman–Crippen MR) is 106 cm³/mol. The predicted octanol–water partition coefficient (Wildman–Crippen LogP) is 6.86. The van der Waals surface area contributed by atoms with Crippen LogP contribution in [0.25, 0.3) is 17.7 Å². The van der Waals surface area contributed by atoms with E-state index in [1.54, 1.807) is 13.0 Å². The van der Waals surface area contributed by atoms with Gasteiger partial charge in [-0.1, -0.05) is 61.7 Å². The van der Waals surface area contributed by atoms with Crippen LogP contribution in [0.5, 0.6) is 0 Å². The maximum Gasteiger partial charge on any atom is 0.263 e. The third-order valence-corrected chi connectivity index (χ3v) is 5.54. The molecule has 1 aromatic heterocycles. The van der Waals surface area contributed by atoms with Gasteiger partial charge < -0.3 is 4.52 Å². The van der Waals surface area contributed by atoms with Gasteiger partial charge in [0.1, 0.15) is 17.2 Å². The second kappa shape index (κ2) is 8.21. The second-order valence-corrected chi connectivity index (χ2v) is 7.77. The first-order chi connectivity index (χ1) is 13.6. The maximum atomic E-state index is 14.1. The molecule has 0 bridgehead atoms. The Balaban J connectivity index is 1.46. The summed E-state index contributed by atoms with van der Waals surface area (Å²) in [6, 6.07) is 8.52. The highest BCUT2D eigenvalue weighted by molar-refractivity contribution is 5.75. The SMILES string of the molecule is CC1C=C(F)C(c2nc(/C=C/c3ccc(C4CCCCC4)cc3)no2)=C(F)C1. The van der Waals surface area contributed by atoms with Crippen LogP contribution in [0.4, 0.5) is 8.78 Å².